The van der Waals surface area contributed by atoms with Crippen molar-refractivity contribution in [2.75, 3.05) is 0 Å². The molecule has 1 heterocycles. The Balaban J connectivity index is 1.07. The SMILES string of the molecule is c1ccc(-c2cccc(-c3cccc4c3Cc3c(-c5nc(-c6ccccc6)nc(-c6ccc7c8ccccc8c8ccccc8c7c6)n5)cccc3-4)c2)cc1. The molecular weight excluding hydrogens is 667 g/mol. The lowest BCUT2D eigenvalue weighted by Crippen LogP contribution is -2.02. The lowest BCUT2D eigenvalue weighted by atomic mass is 9.93. The number of hydrogen-bond donors (Lipinski definition) is 0. The van der Waals surface area contributed by atoms with Crippen LogP contribution in [-0.4, -0.2) is 15.0 Å². The van der Waals surface area contributed by atoms with Crippen molar-refractivity contribution in [3.8, 4) is 67.5 Å². The van der Waals surface area contributed by atoms with Crippen LogP contribution in [0.5, 0.6) is 0 Å². The van der Waals surface area contributed by atoms with Crippen molar-refractivity contribution in [1.29, 1.82) is 0 Å². The molecule has 1 aliphatic rings. The molecule has 0 unspecified atom stereocenters. The Morgan fingerprint density at radius 3 is 1.38 bits per heavy atom. The number of aromatic nitrogens is 3. The monoisotopic (exact) mass is 699 g/mol. The molecule has 55 heavy (non-hydrogen) atoms. The van der Waals surface area contributed by atoms with Crippen molar-refractivity contribution in [1.82, 2.24) is 15.0 Å². The summed E-state index contributed by atoms with van der Waals surface area (Å²) in [5.74, 6) is 2.01. The second-order valence-corrected chi connectivity index (χ2v) is 14.3. The second-order valence-electron chi connectivity index (χ2n) is 14.3. The molecule has 0 radical (unpaired) electrons. The van der Waals surface area contributed by atoms with Gasteiger partial charge in [-0.2, -0.15) is 0 Å². The van der Waals surface area contributed by atoms with Gasteiger partial charge in [-0.05, 0) is 89.0 Å². The first-order valence-corrected chi connectivity index (χ1v) is 18.8. The van der Waals surface area contributed by atoms with E-state index in [1.54, 1.807) is 0 Å². The Morgan fingerprint density at radius 2 is 0.709 bits per heavy atom. The Morgan fingerprint density at radius 1 is 0.255 bits per heavy atom. The molecule has 0 N–H and O–H groups in total. The van der Waals surface area contributed by atoms with Crippen LogP contribution in [0.25, 0.3) is 99.9 Å². The average molecular weight is 700 g/mol. The average Bonchev–Trinajstić information content (AvgIpc) is 3.66. The fraction of sp³-hybridized carbons (Fsp3) is 0.0192. The third kappa shape index (κ3) is 5.24. The lowest BCUT2D eigenvalue weighted by molar-refractivity contribution is 1.07. The van der Waals surface area contributed by atoms with Gasteiger partial charge >= 0.3 is 0 Å². The van der Waals surface area contributed by atoms with Crippen LogP contribution >= 0.6 is 0 Å². The predicted molar refractivity (Wildman–Crippen MR) is 228 cm³/mol. The molecule has 1 aromatic heterocycles. The van der Waals surface area contributed by atoms with Gasteiger partial charge in [0.1, 0.15) is 0 Å². The standard InChI is InChI=1S/C52H33N3/c1-3-14-33(15-4-1)35-18-11-19-36(30-35)38-24-12-25-43-44-26-13-27-46(49(44)32-48(38)43)52-54-50(34-16-5-2-6-17-34)53-51(55-52)37-28-29-45-41-22-8-7-20-39(41)40-21-9-10-23-42(40)47(45)31-37/h1-31H,32H2. The van der Waals surface area contributed by atoms with E-state index in [2.05, 4.69) is 170 Å². The van der Waals surface area contributed by atoms with E-state index < -0.39 is 0 Å². The number of nitrogens with zero attached hydrogens (tertiary/aromatic N) is 3. The van der Waals surface area contributed by atoms with Crippen LogP contribution < -0.4 is 0 Å². The quantitative estimate of drug-likeness (QED) is 0.168. The Labute approximate surface area is 319 Å². The van der Waals surface area contributed by atoms with Gasteiger partial charge in [0.05, 0.1) is 0 Å². The number of rotatable bonds is 5. The van der Waals surface area contributed by atoms with Gasteiger partial charge in [0.15, 0.2) is 17.5 Å². The highest BCUT2D eigenvalue weighted by molar-refractivity contribution is 6.25. The molecule has 0 saturated heterocycles. The first kappa shape index (κ1) is 31.3. The second kappa shape index (κ2) is 12.7. The topological polar surface area (TPSA) is 38.7 Å². The minimum Gasteiger partial charge on any atom is -0.208 e. The molecule has 11 rings (SSSR count). The van der Waals surface area contributed by atoms with Gasteiger partial charge < -0.3 is 0 Å². The molecule has 0 spiro atoms. The van der Waals surface area contributed by atoms with E-state index in [0.717, 1.165) is 23.1 Å². The van der Waals surface area contributed by atoms with E-state index in [-0.39, 0.29) is 0 Å². The molecule has 0 fully saturated rings. The third-order valence-electron chi connectivity index (χ3n) is 11.2. The molecule has 3 nitrogen and oxygen atoms in total. The van der Waals surface area contributed by atoms with Crippen molar-refractivity contribution in [2.24, 2.45) is 0 Å². The zero-order chi connectivity index (χ0) is 36.3. The predicted octanol–water partition coefficient (Wildman–Crippen LogP) is 13.2. The molecule has 0 aliphatic heterocycles. The van der Waals surface area contributed by atoms with Gasteiger partial charge in [0, 0.05) is 23.1 Å². The maximum Gasteiger partial charge on any atom is 0.164 e. The van der Waals surface area contributed by atoms with Crippen LogP contribution in [0.4, 0.5) is 0 Å². The van der Waals surface area contributed by atoms with Crippen LogP contribution in [0, 0.1) is 0 Å². The van der Waals surface area contributed by atoms with E-state index in [9.17, 15) is 0 Å². The molecule has 0 atom stereocenters. The van der Waals surface area contributed by atoms with Gasteiger partial charge in [0.25, 0.3) is 0 Å². The highest BCUT2D eigenvalue weighted by Gasteiger charge is 2.26. The fourth-order valence-corrected chi connectivity index (χ4v) is 8.60. The maximum atomic E-state index is 5.29. The van der Waals surface area contributed by atoms with Crippen molar-refractivity contribution in [2.45, 2.75) is 6.42 Å². The zero-order valence-corrected chi connectivity index (χ0v) is 29.9. The smallest absolute Gasteiger partial charge is 0.164 e. The fourth-order valence-electron chi connectivity index (χ4n) is 8.60. The summed E-state index contributed by atoms with van der Waals surface area (Å²) in [7, 11) is 0. The van der Waals surface area contributed by atoms with Crippen LogP contribution in [0.3, 0.4) is 0 Å². The third-order valence-corrected chi connectivity index (χ3v) is 11.2. The summed E-state index contributed by atoms with van der Waals surface area (Å²) >= 11 is 0. The molecule has 256 valence electrons. The number of benzene rings is 9. The van der Waals surface area contributed by atoms with Crippen LogP contribution in [0.2, 0.25) is 0 Å². The van der Waals surface area contributed by atoms with Crippen molar-refractivity contribution in [3.63, 3.8) is 0 Å². The van der Waals surface area contributed by atoms with Gasteiger partial charge in [0.2, 0.25) is 0 Å². The molecule has 3 heteroatoms. The van der Waals surface area contributed by atoms with E-state index in [0.29, 0.717) is 17.5 Å². The highest BCUT2D eigenvalue weighted by atomic mass is 15.0. The summed E-state index contributed by atoms with van der Waals surface area (Å²) in [6, 6.07) is 67.0. The Hall–Kier alpha value is -7.23. The van der Waals surface area contributed by atoms with Gasteiger partial charge in [-0.3, -0.25) is 0 Å². The largest absolute Gasteiger partial charge is 0.208 e. The van der Waals surface area contributed by atoms with E-state index in [4.69, 9.17) is 15.0 Å². The maximum absolute atomic E-state index is 5.29. The van der Waals surface area contributed by atoms with Crippen LogP contribution in [0.15, 0.2) is 188 Å². The normalized spacial score (nSPS) is 11.9. The molecular formula is C52H33N3. The Kier molecular flexibility index (Phi) is 7.24. The summed E-state index contributed by atoms with van der Waals surface area (Å²) in [6.45, 7) is 0. The van der Waals surface area contributed by atoms with Crippen LogP contribution in [0.1, 0.15) is 11.1 Å². The van der Waals surface area contributed by atoms with Crippen molar-refractivity contribution < 1.29 is 0 Å². The van der Waals surface area contributed by atoms with Gasteiger partial charge in [-0.25, -0.2) is 15.0 Å². The van der Waals surface area contributed by atoms with Crippen molar-refractivity contribution in [3.05, 3.63) is 199 Å². The van der Waals surface area contributed by atoms with Crippen LogP contribution in [-0.2, 0) is 6.42 Å². The minimum atomic E-state index is 0.662. The van der Waals surface area contributed by atoms with Crippen molar-refractivity contribution >= 4 is 32.3 Å². The van der Waals surface area contributed by atoms with E-state index >= 15 is 0 Å². The summed E-state index contributed by atoms with van der Waals surface area (Å²) in [6.07, 6.45) is 0.795. The molecule has 0 bridgehead atoms. The zero-order valence-electron chi connectivity index (χ0n) is 29.9. The summed E-state index contributed by atoms with van der Waals surface area (Å²) in [4.78, 5) is 15.6. The first-order valence-electron chi connectivity index (χ1n) is 18.8. The molecule has 10 aromatic rings. The first-order chi connectivity index (χ1) is 27.3. The number of hydrogen-bond acceptors (Lipinski definition) is 3. The van der Waals surface area contributed by atoms with E-state index in [1.807, 2.05) is 18.2 Å². The summed E-state index contributed by atoms with van der Waals surface area (Å²) < 4.78 is 0. The minimum absolute atomic E-state index is 0.662. The molecule has 0 saturated carbocycles. The lowest BCUT2D eigenvalue weighted by Gasteiger charge is -2.13. The summed E-state index contributed by atoms with van der Waals surface area (Å²) in [5.41, 5.74) is 13.0. The molecule has 1 aliphatic carbocycles. The summed E-state index contributed by atoms with van der Waals surface area (Å²) in [5, 5.41) is 7.39. The van der Waals surface area contributed by atoms with E-state index in [1.165, 1.54) is 76.8 Å². The Bertz CT molecular complexity index is 3080. The molecule has 0 amide bonds. The number of fused-ring (bicyclic) bond motifs is 9. The molecule has 9 aromatic carbocycles. The van der Waals surface area contributed by atoms with Gasteiger partial charge in [-0.15, -0.1) is 0 Å². The van der Waals surface area contributed by atoms with Gasteiger partial charge in [-0.1, -0.05) is 176 Å². The highest BCUT2D eigenvalue weighted by Crippen LogP contribution is 2.45.